The van der Waals surface area contributed by atoms with E-state index in [0.29, 0.717) is 29.0 Å². The second-order valence-electron chi connectivity index (χ2n) is 10.4. The number of rotatable bonds is 6. The second-order valence-corrected chi connectivity index (χ2v) is 10.4. The van der Waals surface area contributed by atoms with Crippen LogP contribution < -0.4 is 10.1 Å². The number of fused-ring (bicyclic) bond motifs is 1. The van der Waals surface area contributed by atoms with Crippen molar-refractivity contribution in [1.82, 2.24) is 4.98 Å². The van der Waals surface area contributed by atoms with Crippen LogP contribution in [0, 0.1) is 0 Å². The number of para-hydroxylation sites is 2. The third-order valence-electron chi connectivity index (χ3n) is 7.63. The van der Waals surface area contributed by atoms with Crippen LogP contribution >= 0.6 is 0 Å². The van der Waals surface area contributed by atoms with Gasteiger partial charge in [0.05, 0.1) is 11.2 Å². The summed E-state index contributed by atoms with van der Waals surface area (Å²) in [5.74, 6) is -0.266. The lowest BCUT2D eigenvalue weighted by Crippen LogP contribution is -2.21. The Morgan fingerprint density at radius 1 is 0.756 bits per heavy atom. The normalized spacial score (nSPS) is 12.4. The van der Waals surface area contributed by atoms with Gasteiger partial charge in [-0.05, 0) is 77.8 Å². The van der Waals surface area contributed by atoms with Gasteiger partial charge < -0.3 is 10.1 Å². The first-order valence-corrected chi connectivity index (χ1v) is 13.9. The van der Waals surface area contributed by atoms with Gasteiger partial charge in [0.15, 0.2) is 0 Å². The van der Waals surface area contributed by atoms with Gasteiger partial charge >= 0.3 is 5.97 Å². The van der Waals surface area contributed by atoms with E-state index >= 15 is 0 Å². The number of ether oxygens (including phenoxy) is 1. The zero-order valence-electron chi connectivity index (χ0n) is 22.7. The predicted molar refractivity (Wildman–Crippen MR) is 162 cm³/mol. The summed E-state index contributed by atoms with van der Waals surface area (Å²) in [5, 5.41) is 4.09. The van der Waals surface area contributed by atoms with E-state index in [9.17, 15) is 9.59 Å². The van der Waals surface area contributed by atoms with Crippen molar-refractivity contribution in [3.63, 3.8) is 0 Å². The summed E-state index contributed by atoms with van der Waals surface area (Å²) in [5.41, 5.74) is 7.50. The number of pyridine rings is 1. The zero-order chi connectivity index (χ0) is 28.2. The molecule has 0 aliphatic heterocycles. The Bertz CT molecular complexity index is 1750. The van der Waals surface area contributed by atoms with Gasteiger partial charge in [-0.2, -0.15) is 0 Å². The van der Waals surface area contributed by atoms with Gasteiger partial charge in [0.1, 0.15) is 5.75 Å². The Morgan fingerprint density at radius 3 is 2.20 bits per heavy atom. The molecule has 1 amide bonds. The Balaban J connectivity index is 1.39. The molecule has 0 saturated heterocycles. The molecule has 0 saturated carbocycles. The van der Waals surface area contributed by atoms with E-state index in [1.807, 2.05) is 48.5 Å². The first-order valence-electron chi connectivity index (χ1n) is 13.9. The number of benzene rings is 4. The van der Waals surface area contributed by atoms with Crippen LogP contribution in [-0.4, -0.2) is 16.9 Å². The van der Waals surface area contributed by atoms with Gasteiger partial charge in [0, 0.05) is 29.1 Å². The number of nitrogens with one attached hydrogen (secondary N) is 1. The minimum absolute atomic E-state index is 0.211. The van der Waals surface area contributed by atoms with Crippen molar-refractivity contribution < 1.29 is 14.3 Å². The number of esters is 1. The fourth-order valence-electron chi connectivity index (χ4n) is 5.44. The summed E-state index contributed by atoms with van der Waals surface area (Å²) in [6.45, 7) is 4.09. The molecule has 4 aromatic carbocycles. The molecule has 0 radical (unpaired) electrons. The Kier molecular flexibility index (Phi) is 7.42. The molecule has 0 atom stereocenters. The van der Waals surface area contributed by atoms with Gasteiger partial charge in [-0.25, -0.2) is 4.79 Å². The summed E-state index contributed by atoms with van der Waals surface area (Å²) in [4.78, 5) is 31.8. The maximum absolute atomic E-state index is 14.2. The average molecular weight is 539 g/mol. The third-order valence-corrected chi connectivity index (χ3v) is 7.63. The number of carbonyl (C=O) groups is 2. The minimum Gasteiger partial charge on any atom is -0.423 e. The highest BCUT2D eigenvalue weighted by atomic mass is 16.5. The van der Waals surface area contributed by atoms with Crippen molar-refractivity contribution in [2.24, 2.45) is 0 Å². The molecule has 202 valence electrons. The SMILES string of the molecule is C=C(Cc1c2ccc(c1C(=O)Nc1cccc3cccnc13)CCc1ccc(cc1)CC2)C(=O)Oc1ccccc1. The van der Waals surface area contributed by atoms with E-state index in [-0.39, 0.29) is 12.3 Å². The van der Waals surface area contributed by atoms with Crippen molar-refractivity contribution in [2.45, 2.75) is 32.1 Å². The summed E-state index contributed by atoms with van der Waals surface area (Å²) >= 11 is 0. The summed E-state index contributed by atoms with van der Waals surface area (Å²) < 4.78 is 5.59. The molecular weight excluding hydrogens is 508 g/mol. The number of aryl methyl sites for hydroxylation is 4. The Hall–Kier alpha value is -5.03. The first kappa shape index (κ1) is 26.2. The highest BCUT2D eigenvalue weighted by molar-refractivity contribution is 6.10. The van der Waals surface area contributed by atoms with E-state index in [1.165, 1.54) is 11.1 Å². The fourth-order valence-corrected chi connectivity index (χ4v) is 5.44. The molecule has 0 spiro atoms. The highest BCUT2D eigenvalue weighted by Gasteiger charge is 2.24. The molecule has 5 aromatic rings. The molecule has 41 heavy (non-hydrogen) atoms. The summed E-state index contributed by atoms with van der Waals surface area (Å²) in [6.07, 6.45) is 4.97. The van der Waals surface area contributed by atoms with Crippen molar-refractivity contribution in [3.05, 3.63) is 149 Å². The standard InChI is InChI=1S/C36H30N2O3/c1-24(36(40)41-30-9-3-2-4-10-30)23-31-27-18-16-25-12-14-26(15-13-25)17-19-28(21-20-27)33(31)35(39)38-32-11-5-7-29-8-6-22-37-34(29)32/h2-15,20-22H,1,16-19,23H2,(H,38,39). The van der Waals surface area contributed by atoms with E-state index < -0.39 is 5.97 Å². The van der Waals surface area contributed by atoms with Crippen LogP contribution in [0.15, 0.2) is 115 Å². The van der Waals surface area contributed by atoms with Gasteiger partial charge in [-0.15, -0.1) is 0 Å². The van der Waals surface area contributed by atoms with Crippen molar-refractivity contribution in [3.8, 4) is 5.75 Å². The lowest BCUT2D eigenvalue weighted by Gasteiger charge is -2.21. The number of nitrogens with zero attached hydrogens (tertiary/aromatic N) is 1. The monoisotopic (exact) mass is 538 g/mol. The minimum atomic E-state index is -0.506. The number of hydrogen-bond donors (Lipinski definition) is 1. The maximum Gasteiger partial charge on any atom is 0.339 e. The van der Waals surface area contributed by atoms with Crippen LogP contribution in [0.3, 0.4) is 0 Å². The molecule has 5 heteroatoms. The zero-order valence-corrected chi connectivity index (χ0v) is 22.7. The van der Waals surface area contributed by atoms with Gasteiger partial charge in [0.2, 0.25) is 0 Å². The molecule has 1 aromatic heterocycles. The molecule has 0 unspecified atom stereocenters. The Morgan fingerprint density at radius 2 is 1.44 bits per heavy atom. The van der Waals surface area contributed by atoms with Crippen molar-refractivity contribution in [2.75, 3.05) is 5.32 Å². The number of anilines is 1. The van der Waals surface area contributed by atoms with E-state index in [0.717, 1.165) is 46.9 Å². The van der Waals surface area contributed by atoms with E-state index in [4.69, 9.17) is 4.74 Å². The van der Waals surface area contributed by atoms with E-state index in [2.05, 4.69) is 53.3 Å². The molecular formula is C36H30N2O3. The molecule has 1 N–H and O–H groups in total. The molecule has 4 bridgehead atoms. The molecule has 9 rings (SSSR count). The second kappa shape index (κ2) is 11.6. The quantitative estimate of drug-likeness (QED) is 0.143. The van der Waals surface area contributed by atoms with Crippen LogP contribution in [0.1, 0.15) is 38.2 Å². The van der Waals surface area contributed by atoms with Gasteiger partial charge in [0.25, 0.3) is 5.91 Å². The number of carbonyl (C=O) groups excluding carboxylic acids is 2. The number of hydrogen-bond acceptors (Lipinski definition) is 4. The summed E-state index contributed by atoms with van der Waals surface area (Å²) in [7, 11) is 0. The first-order chi connectivity index (χ1) is 20.0. The van der Waals surface area contributed by atoms with Crippen LogP contribution in [0.5, 0.6) is 5.75 Å². The topological polar surface area (TPSA) is 68.3 Å². The van der Waals surface area contributed by atoms with Crippen LogP contribution in [0.4, 0.5) is 5.69 Å². The van der Waals surface area contributed by atoms with Crippen LogP contribution in [0.2, 0.25) is 0 Å². The van der Waals surface area contributed by atoms with Crippen molar-refractivity contribution >= 4 is 28.5 Å². The third kappa shape index (κ3) is 5.80. The van der Waals surface area contributed by atoms with Gasteiger partial charge in [-0.3, -0.25) is 9.78 Å². The number of aromatic nitrogens is 1. The summed E-state index contributed by atoms with van der Waals surface area (Å²) in [6, 6.07) is 31.4. The number of amides is 1. The maximum atomic E-state index is 14.2. The van der Waals surface area contributed by atoms with Crippen molar-refractivity contribution in [1.29, 1.82) is 0 Å². The average Bonchev–Trinajstić information content (AvgIpc) is 2.99. The predicted octanol–water partition coefficient (Wildman–Crippen LogP) is 7.08. The lowest BCUT2D eigenvalue weighted by molar-refractivity contribution is -0.130. The van der Waals surface area contributed by atoms with Gasteiger partial charge in [-0.1, -0.05) is 79.4 Å². The highest BCUT2D eigenvalue weighted by Crippen LogP contribution is 2.29. The largest absolute Gasteiger partial charge is 0.423 e. The molecule has 4 aliphatic rings. The Labute approximate surface area is 239 Å². The van der Waals surface area contributed by atoms with E-state index in [1.54, 1.807) is 18.3 Å². The molecule has 4 aliphatic carbocycles. The molecule has 0 fully saturated rings. The van der Waals surface area contributed by atoms with Crippen LogP contribution in [0.25, 0.3) is 10.9 Å². The molecule has 5 nitrogen and oxygen atoms in total. The lowest BCUT2D eigenvalue weighted by atomic mass is 9.86. The smallest absolute Gasteiger partial charge is 0.339 e. The van der Waals surface area contributed by atoms with Crippen LogP contribution in [-0.2, 0) is 36.9 Å². The fraction of sp³-hybridized carbons (Fsp3) is 0.139. The molecule has 1 heterocycles.